The number of ether oxygens (including phenoxy) is 2. The molecule has 0 atom stereocenters. The summed E-state index contributed by atoms with van der Waals surface area (Å²) < 4.78 is 11.7. The monoisotopic (exact) mass is 363 g/mol. The van der Waals surface area contributed by atoms with E-state index in [0.717, 1.165) is 60.2 Å². The van der Waals surface area contributed by atoms with E-state index in [9.17, 15) is 4.79 Å². The van der Waals surface area contributed by atoms with Crippen LogP contribution in [0.3, 0.4) is 0 Å². The van der Waals surface area contributed by atoms with E-state index in [-0.39, 0.29) is 11.8 Å². The SMILES string of the molecule is O=C(Nc1ccc2c(c1)C(N1CCOCC1)=Nc1ccccc1O2)C1CC1. The van der Waals surface area contributed by atoms with Gasteiger partial charge in [-0.3, -0.25) is 4.79 Å². The summed E-state index contributed by atoms with van der Waals surface area (Å²) in [5.74, 6) is 2.60. The molecule has 1 amide bonds. The molecule has 1 aliphatic carbocycles. The highest BCUT2D eigenvalue weighted by atomic mass is 16.5. The number of rotatable bonds is 2. The highest BCUT2D eigenvalue weighted by Gasteiger charge is 2.30. The van der Waals surface area contributed by atoms with Crippen LogP contribution in [0.15, 0.2) is 47.5 Å². The molecule has 2 heterocycles. The lowest BCUT2D eigenvalue weighted by Crippen LogP contribution is -2.41. The van der Waals surface area contributed by atoms with Crippen molar-refractivity contribution in [3.63, 3.8) is 0 Å². The molecule has 1 saturated carbocycles. The predicted molar refractivity (Wildman–Crippen MR) is 103 cm³/mol. The van der Waals surface area contributed by atoms with E-state index in [0.29, 0.717) is 13.2 Å². The van der Waals surface area contributed by atoms with Crippen molar-refractivity contribution >= 4 is 23.1 Å². The van der Waals surface area contributed by atoms with E-state index >= 15 is 0 Å². The number of amides is 1. The lowest BCUT2D eigenvalue weighted by atomic mass is 10.1. The Bertz CT molecular complexity index is 915. The number of anilines is 1. The van der Waals surface area contributed by atoms with Gasteiger partial charge in [0.05, 0.1) is 18.8 Å². The number of hydrogen-bond acceptors (Lipinski definition) is 5. The summed E-state index contributed by atoms with van der Waals surface area (Å²) in [7, 11) is 0. The first-order chi connectivity index (χ1) is 13.3. The van der Waals surface area contributed by atoms with Gasteiger partial charge in [0.15, 0.2) is 5.75 Å². The molecule has 2 fully saturated rings. The van der Waals surface area contributed by atoms with Crippen LogP contribution in [0.2, 0.25) is 0 Å². The zero-order valence-electron chi connectivity index (χ0n) is 15.0. The molecule has 3 aliphatic rings. The zero-order chi connectivity index (χ0) is 18.2. The molecule has 1 N–H and O–H groups in total. The number of benzene rings is 2. The van der Waals surface area contributed by atoms with Crippen LogP contribution in [0.25, 0.3) is 0 Å². The Kier molecular flexibility index (Phi) is 4.05. The lowest BCUT2D eigenvalue weighted by Gasteiger charge is -2.30. The topological polar surface area (TPSA) is 63.2 Å². The van der Waals surface area contributed by atoms with E-state index in [1.807, 2.05) is 42.5 Å². The largest absolute Gasteiger partial charge is 0.454 e. The van der Waals surface area contributed by atoms with Crippen molar-refractivity contribution in [3.05, 3.63) is 48.0 Å². The minimum atomic E-state index is 0.0950. The normalized spacial score (nSPS) is 18.5. The van der Waals surface area contributed by atoms with Gasteiger partial charge in [0.1, 0.15) is 17.3 Å². The number of hydrogen-bond donors (Lipinski definition) is 1. The highest BCUT2D eigenvalue weighted by molar-refractivity contribution is 6.05. The summed E-state index contributed by atoms with van der Waals surface area (Å²) in [6, 6.07) is 13.6. The van der Waals surface area contributed by atoms with Gasteiger partial charge in [0.2, 0.25) is 5.91 Å². The maximum absolute atomic E-state index is 12.2. The molecule has 138 valence electrons. The smallest absolute Gasteiger partial charge is 0.227 e. The molecule has 5 rings (SSSR count). The second kappa shape index (κ2) is 6.70. The number of carbonyl (C=O) groups is 1. The number of fused-ring (bicyclic) bond motifs is 2. The molecule has 6 nitrogen and oxygen atoms in total. The van der Waals surface area contributed by atoms with Gasteiger partial charge in [0, 0.05) is 24.7 Å². The maximum Gasteiger partial charge on any atom is 0.227 e. The molecule has 2 aliphatic heterocycles. The van der Waals surface area contributed by atoms with Gasteiger partial charge in [-0.15, -0.1) is 0 Å². The van der Waals surface area contributed by atoms with Crippen LogP contribution in [0.5, 0.6) is 11.5 Å². The minimum Gasteiger partial charge on any atom is -0.454 e. The fourth-order valence-electron chi connectivity index (χ4n) is 3.41. The second-order valence-corrected chi connectivity index (χ2v) is 7.08. The minimum absolute atomic E-state index is 0.0950. The van der Waals surface area contributed by atoms with Gasteiger partial charge >= 0.3 is 0 Å². The van der Waals surface area contributed by atoms with Gasteiger partial charge < -0.3 is 19.7 Å². The maximum atomic E-state index is 12.2. The van der Waals surface area contributed by atoms with Gasteiger partial charge in [-0.05, 0) is 43.2 Å². The summed E-state index contributed by atoms with van der Waals surface area (Å²) in [5.41, 5.74) is 2.47. The van der Waals surface area contributed by atoms with Crippen molar-refractivity contribution in [2.75, 3.05) is 31.6 Å². The van der Waals surface area contributed by atoms with Gasteiger partial charge in [0.25, 0.3) is 0 Å². The zero-order valence-corrected chi connectivity index (χ0v) is 15.0. The van der Waals surface area contributed by atoms with Crippen LogP contribution >= 0.6 is 0 Å². The first kappa shape index (κ1) is 16.3. The number of morpholine rings is 1. The second-order valence-electron chi connectivity index (χ2n) is 7.08. The fourth-order valence-corrected chi connectivity index (χ4v) is 3.41. The Hall–Kier alpha value is -2.86. The van der Waals surface area contributed by atoms with Crippen molar-refractivity contribution in [1.82, 2.24) is 4.90 Å². The van der Waals surface area contributed by atoms with E-state index in [2.05, 4.69) is 10.2 Å². The molecule has 2 aromatic rings. The molecular weight excluding hydrogens is 342 g/mol. The van der Waals surface area contributed by atoms with Gasteiger partial charge in [-0.2, -0.15) is 0 Å². The van der Waals surface area contributed by atoms with Crippen LogP contribution in [0.4, 0.5) is 11.4 Å². The van der Waals surface area contributed by atoms with Crippen molar-refractivity contribution in [2.24, 2.45) is 10.9 Å². The average molecular weight is 363 g/mol. The third kappa shape index (κ3) is 3.28. The van der Waals surface area contributed by atoms with Crippen LogP contribution < -0.4 is 10.1 Å². The number of nitrogens with zero attached hydrogens (tertiary/aromatic N) is 2. The number of carbonyl (C=O) groups excluding carboxylic acids is 1. The summed E-state index contributed by atoms with van der Waals surface area (Å²) in [4.78, 5) is 19.3. The van der Waals surface area contributed by atoms with Gasteiger partial charge in [-0.1, -0.05) is 12.1 Å². The van der Waals surface area contributed by atoms with E-state index < -0.39 is 0 Å². The predicted octanol–water partition coefficient (Wildman–Crippen LogP) is 3.55. The van der Waals surface area contributed by atoms with E-state index in [1.165, 1.54) is 0 Å². The molecule has 0 unspecified atom stereocenters. The molecule has 27 heavy (non-hydrogen) atoms. The summed E-state index contributed by atoms with van der Waals surface area (Å²) >= 11 is 0. The first-order valence-electron chi connectivity index (χ1n) is 9.41. The summed E-state index contributed by atoms with van der Waals surface area (Å²) in [5, 5.41) is 3.03. The number of nitrogens with one attached hydrogen (secondary N) is 1. The van der Waals surface area contributed by atoms with E-state index in [1.54, 1.807) is 0 Å². The first-order valence-corrected chi connectivity index (χ1v) is 9.41. The van der Waals surface area contributed by atoms with Crippen molar-refractivity contribution < 1.29 is 14.3 Å². The summed E-state index contributed by atoms with van der Waals surface area (Å²) in [6.07, 6.45) is 1.96. The lowest BCUT2D eigenvalue weighted by molar-refractivity contribution is -0.117. The average Bonchev–Trinajstić information content (AvgIpc) is 3.55. The van der Waals surface area contributed by atoms with Gasteiger partial charge in [-0.25, -0.2) is 4.99 Å². The van der Waals surface area contributed by atoms with Crippen LogP contribution in [0, 0.1) is 5.92 Å². The van der Waals surface area contributed by atoms with Crippen molar-refractivity contribution in [1.29, 1.82) is 0 Å². The Morgan fingerprint density at radius 3 is 2.70 bits per heavy atom. The molecule has 0 bridgehead atoms. The Morgan fingerprint density at radius 1 is 1.07 bits per heavy atom. The number of amidine groups is 1. The number of para-hydroxylation sites is 2. The van der Waals surface area contributed by atoms with Crippen LogP contribution in [-0.2, 0) is 9.53 Å². The fraction of sp³-hybridized carbons (Fsp3) is 0.333. The molecule has 0 spiro atoms. The summed E-state index contributed by atoms with van der Waals surface area (Å²) in [6.45, 7) is 2.90. The quantitative estimate of drug-likeness (QED) is 0.886. The Labute approximate surface area is 157 Å². The van der Waals surface area contributed by atoms with Crippen molar-refractivity contribution in [3.8, 4) is 11.5 Å². The standard InChI is InChI=1S/C21H21N3O3/c25-21(14-5-6-14)22-15-7-8-18-16(13-15)20(24-9-11-26-12-10-24)23-17-3-1-2-4-19(17)27-18/h1-4,7-8,13-14H,5-6,9-12H2,(H,22,25). The molecule has 1 saturated heterocycles. The number of aliphatic imine (C=N–C) groups is 1. The molecule has 0 aromatic heterocycles. The highest BCUT2D eigenvalue weighted by Crippen LogP contribution is 2.39. The third-order valence-corrected chi connectivity index (χ3v) is 5.06. The Balaban J connectivity index is 1.56. The molecule has 2 aromatic carbocycles. The van der Waals surface area contributed by atoms with Crippen LogP contribution in [-0.4, -0.2) is 42.9 Å². The van der Waals surface area contributed by atoms with Crippen molar-refractivity contribution in [2.45, 2.75) is 12.8 Å². The molecular formula is C21H21N3O3. The third-order valence-electron chi connectivity index (χ3n) is 5.06. The molecule has 0 radical (unpaired) electrons. The Morgan fingerprint density at radius 2 is 1.89 bits per heavy atom. The van der Waals surface area contributed by atoms with Crippen LogP contribution in [0.1, 0.15) is 18.4 Å². The molecule has 6 heteroatoms. The van der Waals surface area contributed by atoms with E-state index in [4.69, 9.17) is 14.5 Å².